The van der Waals surface area contributed by atoms with Gasteiger partial charge in [-0.3, -0.25) is 14.9 Å². The standard InChI is InChI=1S/C16H10BrN3O4/c17-13-4-2-1-3-10(13)9-18-19-16(21)15-8-11-7-12(20(22)23)5-6-14(11)24-15/h1-9H,(H,19,21)/b18-9-. The number of halogens is 1. The molecule has 0 bridgehead atoms. The summed E-state index contributed by atoms with van der Waals surface area (Å²) in [5, 5.41) is 15.1. The molecule has 0 atom stereocenters. The first-order chi connectivity index (χ1) is 11.5. The van der Waals surface area contributed by atoms with Crippen molar-refractivity contribution in [1.29, 1.82) is 0 Å². The number of hydrogen-bond acceptors (Lipinski definition) is 5. The van der Waals surface area contributed by atoms with Crippen LogP contribution >= 0.6 is 15.9 Å². The van der Waals surface area contributed by atoms with E-state index in [2.05, 4.69) is 26.5 Å². The highest BCUT2D eigenvalue weighted by atomic mass is 79.9. The number of nitrogens with one attached hydrogen (secondary N) is 1. The Morgan fingerprint density at radius 3 is 2.79 bits per heavy atom. The summed E-state index contributed by atoms with van der Waals surface area (Å²) in [5.41, 5.74) is 3.48. The molecule has 0 aliphatic rings. The monoisotopic (exact) mass is 387 g/mol. The van der Waals surface area contributed by atoms with Gasteiger partial charge in [0.25, 0.3) is 5.69 Å². The van der Waals surface area contributed by atoms with E-state index >= 15 is 0 Å². The van der Waals surface area contributed by atoms with E-state index in [1.165, 1.54) is 30.5 Å². The molecule has 24 heavy (non-hydrogen) atoms. The second kappa shape index (κ2) is 6.63. The molecule has 7 nitrogen and oxygen atoms in total. The predicted molar refractivity (Wildman–Crippen MR) is 92.1 cm³/mol. The van der Waals surface area contributed by atoms with Crippen LogP contribution < -0.4 is 5.43 Å². The molecule has 0 unspecified atom stereocenters. The van der Waals surface area contributed by atoms with Crippen LogP contribution in [0.4, 0.5) is 5.69 Å². The molecule has 1 amide bonds. The van der Waals surface area contributed by atoms with Gasteiger partial charge >= 0.3 is 5.91 Å². The van der Waals surface area contributed by atoms with Crippen LogP contribution in [0.25, 0.3) is 11.0 Å². The van der Waals surface area contributed by atoms with E-state index < -0.39 is 10.8 Å². The fraction of sp³-hybridized carbons (Fsp3) is 0. The fourth-order valence-electron chi connectivity index (χ4n) is 2.05. The quantitative estimate of drug-likeness (QED) is 0.417. The summed E-state index contributed by atoms with van der Waals surface area (Å²) in [6, 6.07) is 13.0. The molecule has 120 valence electrons. The van der Waals surface area contributed by atoms with Gasteiger partial charge in [0.1, 0.15) is 5.58 Å². The summed E-state index contributed by atoms with van der Waals surface area (Å²) in [4.78, 5) is 22.3. The van der Waals surface area contributed by atoms with E-state index in [1.807, 2.05) is 24.3 Å². The Morgan fingerprint density at radius 2 is 2.04 bits per heavy atom. The van der Waals surface area contributed by atoms with Crippen LogP contribution in [-0.4, -0.2) is 17.0 Å². The summed E-state index contributed by atoms with van der Waals surface area (Å²) < 4.78 is 6.22. The van der Waals surface area contributed by atoms with Gasteiger partial charge in [0, 0.05) is 27.6 Å². The first-order valence-electron chi connectivity index (χ1n) is 6.80. The molecular formula is C16H10BrN3O4. The zero-order chi connectivity index (χ0) is 17.1. The Kier molecular flexibility index (Phi) is 4.39. The van der Waals surface area contributed by atoms with Crippen molar-refractivity contribution < 1.29 is 14.1 Å². The number of carbonyl (C=O) groups excluding carboxylic acids is 1. The first kappa shape index (κ1) is 15.9. The number of rotatable bonds is 4. The lowest BCUT2D eigenvalue weighted by molar-refractivity contribution is -0.384. The molecule has 0 fully saturated rings. The van der Waals surface area contributed by atoms with E-state index in [0.29, 0.717) is 11.0 Å². The normalized spacial score (nSPS) is 11.0. The maximum Gasteiger partial charge on any atom is 0.307 e. The molecule has 0 aliphatic heterocycles. The zero-order valence-corrected chi connectivity index (χ0v) is 13.7. The van der Waals surface area contributed by atoms with Gasteiger partial charge < -0.3 is 4.42 Å². The van der Waals surface area contributed by atoms with Crippen LogP contribution in [0.3, 0.4) is 0 Å². The number of fused-ring (bicyclic) bond motifs is 1. The van der Waals surface area contributed by atoms with Crippen LogP contribution in [0.5, 0.6) is 0 Å². The lowest BCUT2D eigenvalue weighted by atomic mass is 10.2. The number of furan rings is 1. The maximum atomic E-state index is 12.0. The molecule has 8 heteroatoms. The van der Waals surface area contributed by atoms with Gasteiger partial charge in [0.15, 0.2) is 5.76 Å². The van der Waals surface area contributed by atoms with Crippen LogP contribution in [0.15, 0.2) is 62.5 Å². The van der Waals surface area contributed by atoms with Crippen molar-refractivity contribution in [3.05, 3.63) is 74.4 Å². The van der Waals surface area contributed by atoms with Crippen molar-refractivity contribution in [2.75, 3.05) is 0 Å². The van der Waals surface area contributed by atoms with Crippen LogP contribution in [-0.2, 0) is 0 Å². The van der Waals surface area contributed by atoms with E-state index in [0.717, 1.165) is 10.0 Å². The minimum atomic E-state index is -0.544. The maximum absolute atomic E-state index is 12.0. The van der Waals surface area contributed by atoms with E-state index in [4.69, 9.17) is 4.42 Å². The highest BCUT2D eigenvalue weighted by molar-refractivity contribution is 9.10. The van der Waals surface area contributed by atoms with Crippen molar-refractivity contribution in [2.24, 2.45) is 5.10 Å². The summed E-state index contributed by atoms with van der Waals surface area (Å²) in [5.74, 6) is -0.521. The highest BCUT2D eigenvalue weighted by Gasteiger charge is 2.14. The minimum Gasteiger partial charge on any atom is -0.451 e. The Labute approximate surface area is 144 Å². The second-order valence-electron chi connectivity index (χ2n) is 4.81. The number of hydrazone groups is 1. The van der Waals surface area contributed by atoms with Crippen LogP contribution in [0.2, 0.25) is 0 Å². The Morgan fingerprint density at radius 1 is 1.25 bits per heavy atom. The highest BCUT2D eigenvalue weighted by Crippen LogP contribution is 2.24. The molecule has 0 saturated heterocycles. The topological polar surface area (TPSA) is 97.7 Å². The number of non-ortho nitro benzene ring substituents is 1. The van der Waals surface area contributed by atoms with Gasteiger partial charge in [-0.05, 0) is 18.2 Å². The average Bonchev–Trinajstić information content (AvgIpc) is 2.99. The molecular weight excluding hydrogens is 378 g/mol. The molecule has 0 aliphatic carbocycles. The number of carbonyl (C=O) groups is 1. The molecule has 0 radical (unpaired) electrons. The number of benzene rings is 2. The third kappa shape index (κ3) is 3.33. The van der Waals surface area contributed by atoms with Gasteiger partial charge in [-0.25, -0.2) is 5.43 Å². The van der Waals surface area contributed by atoms with Crippen molar-refractivity contribution >= 4 is 44.7 Å². The van der Waals surface area contributed by atoms with E-state index in [1.54, 1.807) is 0 Å². The second-order valence-corrected chi connectivity index (χ2v) is 5.66. The summed E-state index contributed by atoms with van der Waals surface area (Å²) in [6.45, 7) is 0. The van der Waals surface area contributed by atoms with Gasteiger partial charge in [0.2, 0.25) is 0 Å². The Balaban J connectivity index is 1.76. The number of nitro groups is 1. The van der Waals surface area contributed by atoms with Crippen LogP contribution in [0, 0.1) is 10.1 Å². The third-order valence-electron chi connectivity index (χ3n) is 3.21. The minimum absolute atomic E-state index is 0.0229. The predicted octanol–water partition coefficient (Wildman–Crippen LogP) is 3.87. The summed E-state index contributed by atoms with van der Waals surface area (Å²) in [6.07, 6.45) is 1.50. The number of hydrogen-bond donors (Lipinski definition) is 1. The van der Waals surface area contributed by atoms with Gasteiger partial charge in [-0.15, -0.1) is 0 Å². The lowest BCUT2D eigenvalue weighted by Crippen LogP contribution is -2.16. The number of amides is 1. The van der Waals surface area contributed by atoms with Gasteiger partial charge in [-0.1, -0.05) is 34.1 Å². The van der Waals surface area contributed by atoms with Crippen molar-refractivity contribution in [2.45, 2.75) is 0 Å². The number of nitro benzene ring substituents is 1. The Bertz CT molecular complexity index is 965. The van der Waals surface area contributed by atoms with Crippen molar-refractivity contribution in [1.82, 2.24) is 5.43 Å². The first-order valence-corrected chi connectivity index (χ1v) is 7.60. The largest absolute Gasteiger partial charge is 0.451 e. The molecule has 3 aromatic rings. The van der Waals surface area contributed by atoms with Crippen molar-refractivity contribution in [3.8, 4) is 0 Å². The molecule has 0 saturated carbocycles. The molecule has 1 N–H and O–H groups in total. The van der Waals surface area contributed by atoms with Crippen molar-refractivity contribution in [3.63, 3.8) is 0 Å². The molecule has 1 aromatic heterocycles. The lowest BCUT2D eigenvalue weighted by Gasteiger charge is -1.97. The summed E-state index contributed by atoms with van der Waals surface area (Å²) in [7, 11) is 0. The smallest absolute Gasteiger partial charge is 0.307 e. The molecule has 0 spiro atoms. The molecule has 1 heterocycles. The zero-order valence-electron chi connectivity index (χ0n) is 12.1. The molecule has 3 rings (SSSR count). The Hall–Kier alpha value is -3.00. The fourth-order valence-corrected chi connectivity index (χ4v) is 2.44. The van der Waals surface area contributed by atoms with Gasteiger partial charge in [-0.2, -0.15) is 5.10 Å². The SMILES string of the molecule is O=C(N/N=C\c1ccccc1Br)c1cc2cc([N+](=O)[O-])ccc2o1. The number of nitrogens with zero attached hydrogens (tertiary/aromatic N) is 2. The van der Waals surface area contributed by atoms with Crippen LogP contribution in [0.1, 0.15) is 16.1 Å². The average molecular weight is 388 g/mol. The summed E-state index contributed by atoms with van der Waals surface area (Å²) >= 11 is 3.37. The third-order valence-corrected chi connectivity index (χ3v) is 3.93. The molecule has 2 aromatic carbocycles. The van der Waals surface area contributed by atoms with E-state index in [-0.39, 0.29) is 11.4 Å². The van der Waals surface area contributed by atoms with Gasteiger partial charge in [0.05, 0.1) is 11.1 Å². The van der Waals surface area contributed by atoms with E-state index in [9.17, 15) is 14.9 Å².